The van der Waals surface area contributed by atoms with Crippen molar-refractivity contribution in [2.24, 2.45) is 13.0 Å². The Bertz CT molecular complexity index is 848. The van der Waals surface area contributed by atoms with E-state index in [-0.39, 0.29) is 28.1 Å². The van der Waals surface area contributed by atoms with Crippen LogP contribution in [0.15, 0.2) is 29.4 Å². The third kappa shape index (κ3) is 3.87. The van der Waals surface area contributed by atoms with Crippen molar-refractivity contribution in [2.45, 2.75) is 43.2 Å². The molecule has 0 bridgehead atoms. The van der Waals surface area contributed by atoms with Gasteiger partial charge in [0, 0.05) is 25.5 Å². The van der Waals surface area contributed by atoms with Gasteiger partial charge in [0.1, 0.15) is 10.0 Å². The summed E-state index contributed by atoms with van der Waals surface area (Å²) in [4.78, 5) is 4.00. The molecule has 25 heavy (non-hydrogen) atoms. The van der Waals surface area contributed by atoms with E-state index < -0.39 is 10.0 Å². The van der Waals surface area contributed by atoms with Gasteiger partial charge >= 0.3 is 0 Å². The molecule has 1 aliphatic rings. The summed E-state index contributed by atoms with van der Waals surface area (Å²) in [7, 11) is -2.22. The van der Waals surface area contributed by atoms with Crippen LogP contribution in [0.4, 0.5) is 0 Å². The van der Waals surface area contributed by atoms with E-state index in [1.54, 1.807) is 26.4 Å². The molecule has 1 aliphatic carbocycles. The molecule has 3 rings (SSSR count). The zero-order valence-electron chi connectivity index (χ0n) is 14.1. The van der Waals surface area contributed by atoms with Crippen LogP contribution >= 0.6 is 11.6 Å². The van der Waals surface area contributed by atoms with Gasteiger partial charge in [0.15, 0.2) is 0 Å². The number of hydrogen-bond donors (Lipinski definition) is 2. The first-order chi connectivity index (χ1) is 11.8. The van der Waals surface area contributed by atoms with Gasteiger partial charge in [-0.3, -0.25) is 9.67 Å². The Morgan fingerprint density at radius 3 is 2.56 bits per heavy atom. The second kappa shape index (κ2) is 7.03. The summed E-state index contributed by atoms with van der Waals surface area (Å²) in [6.45, 7) is 1.62. The van der Waals surface area contributed by atoms with Crippen LogP contribution < -0.4 is 4.72 Å². The van der Waals surface area contributed by atoms with E-state index in [9.17, 15) is 13.5 Å². The summed E-state index contributed by atoms with van der Waals surface area (Å²) in [6.07, 6.45) is 4.68. The van der Waals surface area contributed by atoms with Gasteiger partial charge in [-0.15, -0.1) is 0 Å². The molecule has 0 aliphatic heterocycles. The van der Waals surface area contributed by atoms with Crippen LogP contribution in [0.25, 0.3) is 0 Å². The number of aliphatic hydroxyl groups excluding tert-OH is 1. The molecule has 1 atom stereocenters. The van der Waals surface area contributed by atoms with Crippen LogP contribution in [0, 0.1) is 12.8 Å². The molecule has 2 heterocycles. The van der Waals surface area contributed by atoms with Crippen LogP contribution in [0.1, 0.15) is 24.1 Å². The average molecular weight is 385 g/mol. The van der Waals surface area contributed by atoms with E-state index in [0.717, 1.165) is 5.56 Å². The molecule has 0 amide bonds. The summed E-state index contributed by atoms with van der Waals surface area (Å²) in [6, 6.07) is 3.39. The second-order valence-corrected chi connectivity index (χ2v) is 8.51. The lowest BCUT2D eigenvalue weighted by atomic mass is 9.76. The maximum atomic E-state index is 12.9. The minimum absolute atomic E-state index is 0.0104. The highest BCUT2D eigenvalue weighted by molar-refractivity contribution is 7.89. The highest BCUT2D eigenvalue weighted by Gasteiger charge is 2.37. The summed E-state index contributed by atoms with van der Waals surface area (Å²) < 4.78 is 29.9. The van der Waals surface area contributed by atoms with Gasteiger partial charge in [0.05, 0.1) is 11.8 Å². The lowest BCUT2D eigenvalue weighted by molar-refractivity contribution is 0.0283. The third-order valence-electron chi connectivity index (χ3n) is 4.60. The molecule has 1 fully saturated rings. The molecule has 0 radical (unpaired) electrons. The summed E-state index contributed by atoms with van der Waals surface area (Å²) in [5, 5.41) is 13.8. The first-order valence-electron chi connectivity index (χ1n) is 8.06. The molecular formula is C16H21ClN4O3S. The highest BCUT2D eigenvalue weighted by atomic mass is 35.5. The summed E-state index contributed by atoms with van der Waals surface area (Å²) in [5.41, 5.74) is 1.34. The zero-order chi connectivity index (χ0) is 18.2. The van der Waals surface area contributed by atoms with Gasteiger partial charge in [0.2, 0.25) is 10.0 Å². The molecule has 2 aromatic rings. The number of aliphatic hydroxyl groups is 1. The van der Waals surface area contributed by atoms with Crippen molar-refractivity contribution < 1.29 is 13.5 Å². The summed E-state index contributed by atoms with van der Waals surface area (Å²) >= 11 is 6.13. The number of sulfonamides is 1. The zero-order valence-corrected chi connectivity index (χ0v) is 15.6. The van der Waals surface area contributed by atoms with Crippen molar-refractivity contribution in [2.75, 3.05) is 0 Å². The predicted octanol–water partition coefficient (Wildman–Crippen LogP) is 1.44. The number of halogens is 1. The number of nitrogens with zero attached hydrogens (tertiary/aromatic N) is 3. The monoisotopic (exact) mass is 384 g/mol. The predicted molar refractivity (Wildman–Crippen MR) is 93.7 cm³/mol. The van der Waals surface area contributed by atoms with Gasteiger partial charge in [-0.25, -0.2) is 13.1 Å². The first kappa shape index (κ1) is 18.3. The van der Waals surface area contributed by atoms with Crippen molar-refractivity contribution in [3.05, 3.63) is 40.9 Å². The molecule has 0 saturated heterocycles. The van der Waals surface area contributed by atoms with Crippen LogP contribution in [0.3, 0.4) is 0 Å². The minimum atomic E-state index is -3.82. The lowest BCUT2D eigenvalue weighted by Gasteiger charge is -2.38. The molecule has 7 nitrogen and oxygen atoms in total. The Morgan fingerprint density at radius 1 is 1.40 bits per heavy atom. The van der Waals surface area contributed by atoms with Gasteiger partial charge in [-0.1, -0.05) is 11.6 Å². The van der Waals surface area contributed by atoms with E-state index in [1.807, 2.05) is 12.1 Å². The minimum Gasteiger partial charge on any atom is -0.393 e. The van der Waals surface area contributed by atoms with E-state index in [4.69, 9.17) is 11.6 Å². The number of nitrogens with one attached hydrogen (secondary N) is 1. The molecule has 9 heteroatoms. The first-order valence-corrected chi connectivity index (χ1v) is 9.92. The Morgan fingerprint density at radius 2 is 2.04 bits per heavy atom. The topological polar surface area (TPSA) is 97.1 Å². The van der Waals surface area contributed by atoms with Gasteiger partial charge in [-0.2, -0.15) is 5.10 Å². The molecule has 2 N–H and O–H groups in total. The normalized spacial score (nSPS) is 21.8. The largest absolute Gasteiger partial charge is 0.393 e. The molecule has 0 spiro atoms. The fourth-order valence-electron chi connectivity index (χ4n) is 3.21. The van der Waals surface area contributed by atoms with Crippen molar-refractivity contribution in [3.63, 3.8) is 0 Å². The van der Waals surface area contributed by atoms with Crippen LogP contribution in [-0.4, -0.2) is 40.4 Å². The number of aromatic nitrogens is 3. The lowest BCUT2D eigenvalue weighted by Crippen LogP contribution is -2.48. The van der Waals surface area contributed by atoms with Crippen LogP contribution in [0.2, 0.25) is 5.15 Å². The summed E-state index contributed by atoms with van der Waals surface area (Å²) in [5.74, 6) is 0.0775. The highest BCUT2D eigenvalue weighted by Crippen LogP contribution is 2.33. The van der Waals surface area contributed by atoms with Gasteiger partial charge in [-0.05, 0) is 49.8 Å². The van der Waals surface area contributed by atoms with Gasteiger partial charge < -0.3 is 5.11 Å². The standard InChI is InChI=1S/C16H21ClN4O3S/c1-10-15(16(17)21(2)19-10)25(23,24)20-14(12-8-13(22)9-12)7-11-3-5-18-6-4-11/h3-6,12-14,20,22H,7-9H2,1-2H3. The number of rotatable bonds is 6. The molecular weight excluding hydrogens is 364 g/mol. The quantitative estimate of drug-likeness (QED) is 0.785. The van der Waals surface area contributed by atoms with E-state index in [1.165, 1.54) is 4.68 Å². The van der Waals surface area contributed by atoms with Gasteiger partial charge in [0.25, 0.3) is 0 Å². The van der Waals surface area contributed by atoms with Crippen molar-refractivity contribution in [3.8, 4) is 0 Å². The third-order valence-corrected chi connectivity index (χ3v) is 6.78. The van der Waals surface area contributed by atoms with Crippen LogP contribution in [-0.2, 0) is 23.5 Å². The van der Waals surface area contributed by atoms with E-state index >= 15 is 0 Å². The average Bonchev–Trinajstić information content (AvgIpc) is 2.77. The fraction of sp³-hybridized carbons (Fsp3) is 0.500. The Labute approximate surface area is 152 Å². The molecule has 2 aromatic heterocycles. The number of aryl methyl sites for hydroxylation is 2. The van der Waals surface area contributed by atoms with E-state index in [0.29, 0.717) is 25.0 Å². The molecule has 1 saturated carbocycles. The Hall–Kier alpha value is -1.48. The van der Waals surface area contributed by atoms with Crippen LogP contribution in [0.5, 0.6) is 0 Å². The van der Waals surface area contributed by atoms with Crippen molar-refractivity contribution in [1.29, 1.82) is 0 Å². The number of hydrogen-bond acceptors (Lipinski definition) is 5. The second-order valence-electron chi connectivity index (χ2n) is 6.50. The SMILES string of the molecule is Cc1nn(C)c(Cl)c1S(=O)(=O)NC(Cc1ccncc1)C1CC(O)C1. The Balaban J connectivity index is 1.86. The Kier molecular flexibility index (Phi) is 5.15. The molecule has 0 aromatic carbocycles. The maximum Gasteiger partial charge on any atom is 0.245 e. The van der Waals surface area contributed by atoms with Crippen molar-refractivity contribution in [1.82, 2.24) is 19.5 Å². The maximum absolute atomic E-state index is 12.9. The smallest absolute Gasteiger partial charge is 0.245 e. The van der Waals surface area contributed by atoms with Crippen molar-refractivity contribution >= 4 is 21.6 Å². The van der Waals surface area contributed by atoms with E-state index in [2.05, 4.69) is 14.8 Å². The fourth-order valence-corrected chi connectivity index (χ4v) is 5.26. The molecule has 1 unspecified atom stereocenters. The number of pyridine rings is 1. The molecule has 136 valence electrons.